The number of amides is 3. The van der Waals surface area contributed by atoms with Crippen LogP contribution >= 0.6 is 24.4 Å². The number of rotatable bonds is 13. The summed E-state index contributed by atoms with van der Waals surface area (Å²) in [6.45, 7) is 10.0. The standard InChI is InChI=1S/C28H39N3O8S2/c1-27(2,3)38-24(34)18(12-15-21(33)37-16-17-10-8-7-9-11-17)23(41)31-26(36)30-19(13-14-20(29)32)22(40)25(35)39-28(4,5)6/h7-11,18-19H,12-16H2,1-6H3,(H2,29,32)(H2,30,31,36,41)/t18-,19+/m1/s1. The maximum absolute atomic E-state index is 12.9. The number of esters is 3. The van der Waals surface area contributed by atoms with Gasteiger partial charge in [-0.05, 0) is 59.9 Å². The highest BCUT2D eigenvalue weighted by atomic mass is 32.1. The Morgan fingerprint density at radius 1 is 0.878 bits per heavy atom. The molecule has 41 heavy (non-hydrogen) atoms. The number of thiocarbonyl (C=S) groups is 2. The van der Waals surface area contributed by atoms with Crippen molar-refractivity contribution in [3.63, 3.8) is 0 Å². The van der Waals surface area contributed by atoms with E-state index in [0.29, 0.717) is 0 Å². The zero-order valence-corrected chi connectivity index (χ0v) is 25.9. The van der Waals surface area contributed by atoms with Crippen LogP contribution < -0.4 is 16.4 Å². The molecule has 2 atom stereocenters. The maximum Gasteiger partial charge on any atom is 0.347 e. The third kappa shape index (κ3) is 15.2. The molecular weight excluding hydrogens is 570 g/mol. The molecule has 226 valence electrons. The predicted molar refractivity (Wildman–Crippen MR) is 160 cm³/mol. The van der Waals surface area contributed by atoms with Crippen molar-refractivity contribution in [2.45, 2.75) is 91.1 Å². The van der Waals surface area contributed by atoms with E-state index < -0.39 is 53.0 Å². The van der Waals surface area contributed by atoms with Crippen molar-refractivity contribution in [3.05, 3.63) is 35.9 Å². The Morgan fingerprint density at radius 2 is 1.46 bits per heavy atom. The monoisotopic (exact) mass is 609 g/mol. The van der Waals surface area contributed by atoms with Gasteiger partial charge in [0.15, 0.2) is 0 Å². The lowest BCUT2D eigenvalue weighted by Crippen LogP contribution is -2.51. The molecule has 3 amide bonds. The summed E-state index contributed by atoms with van der Waals surface area (Å²) in [6.07, 6.45) is -0.520. The van der Waals surface area contributed by atoms with Gasteiger partial charge < -0.3 is 30.6 Å². The SMILES string of the molecule is CC(C)(C)OC(=O)C(=S)[C@H](CCC(N)=O)NC(=O)NC(=S)[C@@H](CCC(=O)OCc1ccccc1)C(=O)OC(C)(C)C. The van der Waals surface area contributed by atoms with Gasteiger partial charge in [-0.2, -0.15) is 0 Å². The Labute approximate surface area is 251 Å². The van der Waals surface area contributed by atoms with Gasteiger partial charge >= 0.3 is 23.9 Å². The first-order valence-corrected chi connectivity index (χ1v) is 13.8. The van der Waals surface area contributed by atoms with E-state index in [1.807, 2.05) is 18.2 Å². The first-order chi connectivity index (χ1) is 18.9. The van der Waals surface area contributed by atoms with Crippen molar-refractivity contribution < 1.29 is 38.2 Å². The second-order valence-corrected chi connectivity index (χ2v) is 12.0. The maximum atomic E-state index is 12.9. The third-order valence-electron chi connectivity index (χ3n) is 5.03. The van der Waals surface area contributed by atoms with E-state index in [1.165, 1.54) is 0 Å². The molecule has 0 aromatic heterocycles. The molecule has 13 heteroatoms. The summed E-state index contributed by atoms with van der Waals surface area (Å²) in [5, 5.41) is 4.87. The van der Waals surface area contributed by atoms with E-state index in [2.05, 4.69) is 10.6 Å². The Morgan fingerprint density at radius 3 is 2.00 bits per heavy atom. The summed E-state index contributed by atoms with van der Waals surface area (Å²) in [5.74, 6) is -3.98. The van der Waals surface area contributed by atoms with Crippen molar-refractivity contribution >= 4 is 64.1 Å². The van der Waals surface area contributed by atoms with Crippen LogP contribution in [0.25, 0.3) is 0 Å². The van der Waals surface area contributed by atoms with Crippen molar-refractivity contribution in [2.75, 3.05) is 0 Å². The molecular formula is C28H39N3O8S2. The zero-order valence-electron chi connectivity index (χ0n) is 24.2. The average molecular weight is 610 g/mol. The smallest absolute Gasteiger partial charge is 0.347 e. The number of hydrogen-bond donors (Lipinski definition) is 3. The van der Waals surface area contributed by atoms with Gasteiger partial charge in [0, 0.05) is 12.8 Å². The molecule has 0 aliphatic carbocycles. The normalized spacial score (nSPS) is 12.7. The molecule has 1 aromatic carbocycles. The predicted octanol–water partition coefficient (Wildman–Crippen LogP) is 3.44. The van der Waals surface area contributed by atoms with Gasteiger partial charge in [0.25, 0.3) is 0 Å². The highest BCUT2D eigenvalue weighted by molar-refractivity contribution is 7.82. The number of nitrogens with one attached hydrogen (secondary N) is 2. The lowest BCUT2D eigenvalue weighted by Gasteiger charge is -2.25. The second-order valence-electron chi connectivity index (χ2n) is 11.2. The van der Waals surface area contributed by atoms with Gasteiger partial charge in [-0.1, -0.05) is 54.8 Å². The molecule has 0 saturated carbocycles. The van der Waals surface area contributed by atoms with Crippen molar-refractivity contribution in [1.29, 1.82) is 0 Å². The molecule has 4 N–H and O–H groups in total. The molecule has 0 aliphatic rings. The van der Waals surface area contributed by atoms with Crippen LogP contribution in [0.2, 0.25) is 0 Å². The van der Waals surface area contributed by atoms with Crippen molar-refractivity contribution in [1.82, 2.24) is 10.6 Å². The van der Waals surface area contributed by atoms with Crippen LogP contribution in [0.1, 0.15) is 72.8 Å². The van der Waals surface area contributed by atoms with Gasteiger partial charge in [0.1, 0.15) is 28.6 Å². The van der Waals surface area contributed by atoms with E-state index in [-0.39, 0.29) is 42.1 Å². The first-order valence-electron chi connectivity index (χ1n) is 13.0. The topological polar surface area (TPSA) is 163 Å². The summed E-state index contributed by atoms with van der Waals surface area (Å²) < 4.78 is 16.0. The summed E-state index contributed by atoms with van der Waals surface area (Å²) in [7, 11) is 0. The molecule has 11 nitrogen and oxygen atoms in total. The van der Waals surface area contributed by atoms with E-state index >= 15 is 0 Å². The Balaban J connectivity index is 2.94. The van der Waals surface area contributed by atoms with Crippen LogP contribution in [0.5, 0.6) is 0 Å². The largest absolute Gasteiger partial charge is 0.461 e. The second kappa shape index (κ2) is 16.1. The van der Waals surface area contributed by atoms with Crippen molar-refractivity contribution in [2.24, 2.45) is 11.7 Å². The third-order valence-corrected chi connectivity index (χ3v) is 5.86. The Kier molecular flexibility index (Phi) is 14.0. The number of benzene rings is 1. The van der Waals surface area contributed by atoms with Gasteiger partial charge in [0.2, 0.25) is 5.91 Å². The summed E-state index contributed by atoms with van der Waals surface area (Å²) >= 11 is 10.5. The number of ether oxygens (including phenoxy) is 3. The lowest BCUT2D eigenvalue weighted by atomic mass is 10.0. The van der Waals surface area contributed by atoms with E-state index in [0.717, 1.165) is 5.56 Å². The summed E-state index contributed by atoms with van der Waals surface area (Å²) in [6, 6.07) is 7.09. The number of urea groups is 1. The Bertz CT molecular complexity index is 1130. The minimum atomic E-state index is -1.17. The van der Waals surface area contributed by atoms with E-state index in [4.69, 9.17) is 44.4 Å². The van der Waals surface area contributed by atoms with E-state index in [1.54, 1.807) is 53.7 Å². The van der Waals surface area contributed by atoms with Crippen molar-refractivity contribution in [3.8, 4) is 0 Å². The molecule has 0 aliphatic heterocycles. The molecule has 1 aromatic rings. The number of carbonyl (C=O) groups excluding carboxylic acids is 5. The number of carbonyl (C=O) groups is 5. The Hall–Kier alpha value is -3.45. The minimum absolute atomic E-state index is 0.0616. The van der Waals surface area contributed by atoms with Crippen LogP contribution in [0, 0.1) is 5.92 Å². The van der Waals surface area contributed by atoms with Crippen LogP contribution in [0.4, 0.5) is 4.79 Å². The average Bonchev–Trinajstić information content (AvgIpc) is 2.83. The molecule has 0 saturated heterocycles. The van der Waals surface area contributed by atoms with Crippen LogP contribution in [-0.4, -0.2) is 56.9 Å². The van der Waals surface area contributed by atoms with Gasteiger partial charge in [-0.3, -0.25) is 14.4 Å². The molecule has 0 unspecified atom stereocenters. The first kappa shape index (κ1) is 35.6. The molecule has 0 heterocycles. The summed E-state index contributed by atoms with van der Waals surface area (Å²) in [5.41, 5.74) is 4.32. The van der Waals surface area contributed by atoms with Gasteiger partial charge in [-0.25, -0.2) is 9.59 Å². The number of hydrogen-bond acceptors (Lipinski definition) is 10. The highest BCUT2D eigenvalue weighted by Gasteiger charge is 2.32. The summed E-state index contributed by atoms with van der Waals surface area (Å²) in [4.78, 5) is 61.5. The molecule has 1 rings (SSSR count). The number of nitrogens with two attached hydrogens (primary N) is 1. The fourth-order valence-electron chi connectivity index (χ4n) is 3.22. The zero-order chi connectivity index (χ0) is 31.4. The van der Waals surface area contributed by atoms with Crippen LogP contribution in [-0.2, 0) is 40.0 Å². The fourth-order valence-corrected chi connectivity index (χ4v) is 3.75. The van der Waals surface area contributed by atoms with Crippen LogP contribution in [0.15, 0.2) is 30.3 Å². The molecule has 0 fully saturated rings. The van der Waals surface area contributed by atoms with Gasteiger partial charge in [-0.15, -0.1) is 0 Å². The molecule has 0 bridgehead atoms. The number of primary amides is 1. The van der Waals surface area contributed by atoms with Gasteiger partial charge in [0.05, 0.1) is 11.0 Å². The minimum Gasteiger partial charge on any atom is -0.461 e. The van der Waals surface area contributed by atoms with Crippen LogP contribution in [0.3, 0.4) is 0 Å². The molecule has 0 spiro atoms. The molecule has 0 radical (unpaired) electrons. The lowest BCUT2D eigenvalue weighted by molar-refractivity contribution is -0.158. The van der Waals surface area contributed by atoms with E-state index in [9.17, 15) is 24.0 Å². The quantitative estimate of drug-likeness (QED) is 0.171. The fraction of sp³-hybridized carbons (Fsp3) is 0.536. The highest BCUT2D eigenvalue weighted by Crippen LogP contribution is 2.18.